The molecule has 0 radical (unpaired) electrons. The van der Waals surface area contributed by atoms with Crippen molar-refractivity contribution < 1.29 is 56.6 Å². The fourth-order valence-corrected chi connectivity index (χ4v) is 9.67. The molecule has 0 atom stereocenters. The molecule has 2 saturated heterocycles. The molecule has 7 heterocycles. The normalized spacial score (nSPS) is 16.3. The lowest BCUT2D eigenvalue weighted by molar-refractivity contribution is -0.208. The molecule has 3 aromatic heterocycles. The summed E-state index contributed by atoms with van der Waals surface area (Å²) in [4.78, 5) is 16.8. The van der Waals surface area contributed by atoms with Crippen LogP contribution >= 0.6 is 0 Å². The first kappa shape index (κ1) is 47.3. The number of fused-ring (bicyclic) bond motifs is 8. The minimum absolute atomic E-state index is 0.0153. The molecular formula is C59H44F4N4O8. The monoisotopic (exact) mass is 1010 g/mol. The Morgan fingerprint density at radius 3 is 1.31 bits per heavy atom. The summed E-state index contributed by atoms with van der Waals surface area (Å²) in [5.74, 6) is -7.84. The average Bonchev–Trinajstić information content (AvgIpc) is 4.26. The van der Waals surface area contributed by atoms with Gasteiger partial charge in [0.1, 0.15) is 23.0 Å². The second-order valence-electron chi connectivity index (χ2n) is 18.6. The zero-order valence-electron chi connectivity index (χ0n) is 39.6. The summed E-state index contributed by atoms with van der Waals surface area (Å²) in [5, 5.41) is 32.1. The Labute approximate surface area is 425 Å². The highest BCUT2D eigenvalue weighted by Crippen LogP contribution is 2.43. The molecule has 8 aromatic rings. The number of aromatic nitrogens is 4. The quantitative estimate of drug-likeness (QED) is 0.0622. The third-order valence-corrected chi connectivity index (χ3v) is 13.4. The van der Waals surface area contributed by atoms with Crippen molar-refractivity contribution in [3.8, 4) is 73.3 Å². The van der Waals surface area contributed by atoms with Gasteiger partial charge < -0.3 is 49.0 Å². The molecule has 75 heavy (non-hydrogen) atoms. The fraction of sp³-hybridized carbons (Fsp3) is 0.153. The second kappa shape index (κ2) is 19.6. The average molecular weight is 1010 g/mol. The lowest BCUT2D eigenvalue weighted by Crippen LogP contribution is -2.32. The molecule has 16 heteroatoms. The van der Waals surface area contributed by atoms with Crippen LogP contribution in [0.2, 0.25) is 0 Å². The fourth-order valence-electron chi connectivity index (χ4n) is 9.67. The van der Waals surface area contributed by atoms with Gasteiger partial charge in [-0.2, -0.15) is 8.78 Å². The van der Waals surface area contributed by atoms with E-state index in [-0.39, 0.29) is 52.9 Å². The van der Waals surface area contributed by atoms with Gasteiger partial charge in [0.05, 0.1) is 68.0 Å². The summed E-state index contributed by atoms with van der Waals surface area (Å²) < 4.78 is 95.6. The van der Waals surface area contributed by atoms with Crippen LogP contribution in [0, 0.1) is 35.1 Å². The number of hydrogen-bond acceptors (Lipinski definition) is 10. The zero-order valence-corrected chi connectivity index (χ0v) is 39.6. The predicted molar refractivity (Wildman–Crippen MR) is 275 cm³/mol. The van der Waals surface area contributed by atoms with Gasteiger partial charge in [0, 0.05) is 61.7 Å². The Balaban J connectivity index is 0.981. The van der Waals surface area contributed by atoms with Crippen LogP contribution in [0.4, 0.5) is 17.6 Å². The van der Waals surface area contributed by atoms with E-state index in [1.807, 2.05) is 36.4 Å². The van der Waals surface area contributed by atoms with E-state index in [0.29, 0.717) is 92.8 Å². The van der Waals surface area contributed by atoms with E-state index in [1.165, 1.54) is 36.4 Å². The molecule has 0 amide bonds. The molecule has 0 saturated carbocycles. The standard InChI is InChI=1S/C59H44F4N4O8/c60-54-53(55(61)57(63)58(56(54)62)73-28-32-29-74-59(75-30-32)33-10-12-40(13-11-33)72-27-31-25-71-26-31)52-47-20-18-45(66-47)50(35-5-2-8-38(69)23-35)43-16-14-41(64-43)49(34-4-1-7-37(68)22-34)42-15-17-44(65-42)51(46-19-21-48(52)67-46)36-6-3-9-39(70)24-36/h1-24,31-32,59,64,67-70H,25-30H2. The molecule has 4 aliphatic rings. The molecule has 12 rings (SSSR count). The van der Waals surface area contributed by atoms with Crippen LogP contribution in [0.3, 0.4) is 0 Å². The van der Waals surface area contributed by atoms with Gasteiger partial charge in [-0.15, -0.1) is 0 Å². The molecule has 0 aliphatic carbocycles. The number of hydrogen-bond donors (Lipinski definition) is 5. The lowest BCUT2D eigenvalue weighted by Gasteiger charge is -2.30. The number of aromatic amines is 2. The highest BCUT2D eigenvalue weighted by molar-refractivity contribution is 6.00. The Kier molecular flexibility index (Phi) is 12.4. The molecule has 0 unspecified atom stereocenters. The Bertz CT molecular complexity index is 3710. The zero-order chi connectivity index (χ0) is 51.3. The summed E-state index contributed by atoms with van der Waals surface area (Å²) in [6, 6.07) is 33.6. The minimum Gasteiger partial charge on any atom is -0.508 e. The van der Waals surface area contributed by atoms with Crippen LogP contribution in [0.5, 0.6) is 28.7 Å². The number of H-pyrrole nitrogens is 2. The van der Waals surface area contributed by atoms with Crippen molar-refractivity contribution >= 4 is 46.4 Å². The first-order chi connectivity index (χ1) is 36.5. The van der Waals surface area contributed by atoms with Gasteiger partial charge in [-0.05, 0) is 114 Å². The number of phenols is 3. The van der Waals surface area contributed by atoms with Gasteiger partial charge in [0.15, 0.2) is 23.7 Å². The van der Waals surface area contributed by atoms with E-state index in [2.05, 4.69) is 9.97 Å². The van der Waals surface area contributed by atoms with Gasteiger partial charge in [-0.3, -0.25) is 0 Å². The topological polar surface area (TPSA) is 164 Å². The highest BCUT2D eigenvalue weighted by atomic mass is 19.2. The van der Waals surface area contributed by atoms with Crippen molar-refractivity contribution in [2.24, 2.45) is 11.8 Å². The van der Waals surface area contributed by atoms with E-state index in [4.69, 9.17) is 33.7 Å². The summed E-state index contributed by atoms with van der Waals surface area (Å²) in [7, 11) is 0. The first-order valence-electron chi connectivity index (χ1n) is 24.1. The van der Waals surface area contributed by atoms with Gasteiger partial charge >= 0.3 is 0 Å². The van der Waals surface area contributed by atoms with Crippen molar-refractivity contribution in [3.63, 3.8) is 0 Å². The number of nitrogens with zero attached hydrogens (tertiary/aromatic N) is 2. The number of phenolic OH excluding ortho intramolecular Hbond substituents is 3. The van der Waals surface area contributed by atoms with E-state index in [1.54, 1.807) is 72.8 Å². The van der Waals surface area contributed by atoms with Crippen molar-refractivity contribution in [1.82, 2.24) is 19.9 Å². The maximum atomic E-state index is 17.0. The van der Waals surface area contributed by atoms with E-state index < -0.39 is 53.4 Å². The van der Waals surface area contributed by atoms with Gasteiger partial charge in [-0.25, -0.2) is 18.7 Å². The van der Waals surface area contributed by atoms with Gasteiger partial charge in [0.2, 0.25) is 11.6 Å². The van der Waals surface area contributed by atoms with Crippen LogP contribution < -0.4 is 9.47 Å². The van der Waals surface area contributed by atoms with Crippen molar-refractivity contribution in [2.75, 3.05) is 39.6 Å². The first-order valence-corrected chi connectivity index (χ1v) is 24.1. The molecule has 12 nitrogen and oxygen atoms in total. The molecule has 5 N–H and O–H groups in total. The number of nitrogens with one attached hydrogen (secondary N) is 2. The Morgan fingerprint density at radius 2 is 0.880 bits per heavy atom. The lowest BCUT2D eigenvalue weighted by atomic mass is 10.0. The van der Waals surface area contributed by atoms with Gasteiger partial charge in [0.25, 0.3) is 0 Å². The van der Waals surface area contributed by atoms with E-state index in [0.717, 1.165) is 5.56 Å². The molecular weight excluding hydrogens is 969 g/mol. The van der Waals surface area contributed by atoms with Crippen molar-refractivity contribution in [1.29, 1.82) is 0 Å². The molecule has 0 spiro atoms. The van der Waals surface area contributed by atoms with E-state index >= 15 is 17.6 Å². The molecule has 8 bridgehead atoms. The van der Waals surface area contributed by atoms with E-state index in [9.17, 15) is 15.3 Å². The summed E-state index contributed by atoms with van der Waals surface area (Å²) in [6.07, 6.45) is 5.92. The Morgan fingerprint density at radius 1 is 0.467 bits per heavy atom. The minimum atomic E-state index is -1.77. The number of rotatable bonds is 11. The smallest absolute Gasteiger partial charge is 0.204 e. The predicted octanol–water partition coefficient (Wildman–Crippen LogP) is 12.8. The second-order valence-corrected chi connectivity index (χ2v) is 18.6. The molecule has 4 aliphatic heterocycles. The largest absolute Gasteiger partial charge is 0.508 e. The van der Waals surface area contributed by atoms with Crippen LogP contribution in [-0.4, -0.2) is 74.9 Å². The number of halogens is 4. The summed E-state index contributed by atoms with van der Waals surface area (Å²) in [5.41, 5.74) is 5.06. The summed E-state index contributed by atoms with van der Waals surface area (Å²) in [6.45, 7) is 1.62. The van der Waals surface area contributed by atoms with Crippen LogP contribution in [-0.2, 0) is 14.2 Å². The van der Waals surface area contributed by atoms with Crippen LogP contribution in [0.1, 0.15) is 34.6 Å². The molecule has 376 valence electrons. The number of benzene rings is 5. The number of aromatic hydroxyl groups is 3. The maximum absolute atomic E-state index is 17.0. The highest BCUT2D eigenvalue weighted by Gasteiger charge is 2.32. The van der Waals surface area contributed by atoms with Crippen LogP contribution in [0.15, 0.2) is 121 Å². The van der Waals surface area contributed by atoms with Crippen molar-refractivity contribution in [3.05, 3.63) is 173 Å². The van der Waals surface area contributed by atoms with Crippen LogP contribution in [0.25, 0.3) is 90.9 Å². The maximum Gasteiger partial charge on any atom is 0.204 e. The SMILES string of the molecule is Oc1cccc(-c2c3nc(c(-c4cccc(O)c4)c4ccc([nH]4)c(-c4c(F)c(F)c(OCC5COC(c6ccc(OCC7COC7)cc6)OC5)c(F)c4F)c4nc(c(-c5cccc(O)c5)c5ccc2[nH]5)C=C4)C=C3)c1. The number of ether oxygens (including phenoxy) is 5. The molecule has 2 fully saturated rings. The van der Waals surface area contributed by atoms with Crippen molar-refractivity contribution in [2.45, 2.75) is 6.29 Å². The Hall–Kier alpha value is -8.70. The third kappa shape index (κ3) is 9.13. The van der Waals surface area contributed by atoms with Gasteiger partial charge in [-0.1, -0.05) is 48.5 Å². The summed E-state index contributed by atoms with van der Waals surface area (Å²) >= 11 is 0. The molecule has 5 aromatic carbocycles. The third-order valence-electron chi connectivity index (χ3n) is 13.4.